The van der Waals surface area contributed by atoms with E-state index in [9.17, 15) is 34.2 Å². The second-order valence-corrected chi connectivity index (χ2v) is 13.7. The lowest BCUT2D eigenvalue weighted by Gasteiger charge is -2.65. The van der Waals surface area contributed by atoms with Gasteiger partial charge in [0.15, 0.2) is 17.8 Å². The fourth-order valence-corrected chi connectivity index (χ4v) is 8.54. The number of esters is 5. The Balaban J connectivity index is 2.24. The fraction of sp³-hybridized carbons (Fsp3) is 0.727. The first-order valence-corrected chi connectivity index (χ1v) is 15.5. The van der Waals surface area contributed by atoms with Gasteiger partial charge < -0.3 is 38.6 Å². The SMILES string of the molecule is C/C=C(\C)C(=O)O[C@@H]1C2=C(C)[C@@H](O)C[C@@]2(C(C)(C)O)[C@@H](OC(C)=O)C2[C@@](C)([C@@H](OC(C)=O)C[C@H]3OC[C@@]23OC(C)=O)[C@H]1OC(C)=O. The highest BCUT2D eigenvalue weighted by molar-refractivity contribution is 5.88. The molecule has 1 aliphatic heterocycles. The predicted octanol–water partition coefficient (Wildman–Crippen LogP) is 2.24. The van der Waals surface area contributed by atoms with Crippen LogP contribution in [0.4, 0.5) is 0 Å². The minimum absolute atomic E-state index is 0.0187. The summed E-state index contributed by atoms with van der Waals surface area (Å²) in [5.74, 6) is -4.88. The predicted molar refractivity (Wildman–Crippen MR) is 158 cm³/mol. The molecule has 0 aromatic carbocycles. The molecule has 1 heterocycles. The van der Waals surface area contributed by atoms with Gasteiger partial charge in [0.05, 0.1) is 35.1 Å². The number of aliphatic hydroxyl groups excluding tert-OH is 1. The quantitative estimate of drug-likeness (QED) is 0.177. The van der Waals surface area contributed by atoms with Gasteiger partial charge >= 0.3 is 29.8 Å². The zero-order valence-corrected chi connectivity index (χ0v) is 28.1. The zero-order valence-electron chi connectivity index (χ0n) is 28.1. The first kappa shape index (κ1) is 35.6. The second-order valence-electron chi connectivity index (χ2n) is 13.7. The molecule has 256 valence electrons. The normalized spacial score (nSPS) is 38.6. The highest BCUT2D eigenvalue weighted by atomic mass is 16.6. The van der Waals surface area contributed by atoms with Crippen LogP contribution in [0.3, 0.4) is 0 Å². The van der Waals surface area contributed by atoms with Crippen molar-refractivity contribution in [2.75, 3.05) is 6.61 Å². The molecule has 13 nitrogen and oxygen atoms in total. The molecule has 0 spiro atoms. The number of carbonyl (C=O) groups is 5. The van der Waals surface area contributed by atoms with Crippen LogP contribution in [-0.2, 0) is 52.4 Å². The van der Waals surface area contributed by atoms with Gasteiger partial charge in [-0.1, -0.05) is 13.0 Å². The molecule has 3 fully saturated rings. The van der Waals surface area contributed by atoms with E-state index < -0.39 is 94.4 Å². The number of ether oxygens (including phenoxy) is 6. The Morgan fingerprint density at radius 3 is 1.93 bits per heavy atom. The molecular weight excluding hydrogens is 604 g/mol. The van der Waals surface area contributed by atoms with Crippen molar-refractivity contribution >= 4 is 29.8 Å². The van der Waals surface area contributed by atoms with Crippen molar-refractivity contribution in [2.24, 2.45) is 16.7 Å². The minimum Gasteiger partial charge on any atom is -0.462 e. The van der Waals surface area contributed by atoms with Crippen LogP contribution >= 0.6 is 0 Å². The van der Waals surface area contributed by atoms with Gasteiger partial charge in [0.25, 0.3) is 0 Å². The minimum atomic E-state index is -1.82. The van der Waals surface area contributed by atoms with E-state index in [0.29, 0.717) is 5.57 Å². The molecule has 13 heteroatoms. The Morgan fingerprint density at radius 1 is 0.913 bits per heavy atom. The zero-order chi connectivity index (χ0) is 34.7. The highest BCUT2D eigenvalue weighted by Crippen LogP contribution is 2.68. The van der Waals surface area contributed by atoms with Crippen LogP contribution in [-0.4, -0.2) is 94.5 Å². The molecule has 1 unspecified atom stereocenters. The Bertz CT molecular complexity index is 1370. The van der Waals surface area contributed by atoms with Crippen LogP contribution in [0.2, 0.25) is 0 Å². The summed E-state index contributed by atoms with van der Waals surface area (Å²) < 4.78 is 36.5. The summed E-state index contributed by atoms with van der Waals surface area (Å²) in [6.45, 7) is 14.0. The van der Waals surface area contributed by atoms with Gasteiger partial charge in [-0.2, -0.15) is 0 Å². The van der Waals surface area contributed by atoms with E-state index in [4.69, 9.17) is 28.4 Å². The topological polar surface area (TPSA) is 181 Å². The Kier molecular flexibility index (Phi) is 9.32. The maximum Gasteiger partial charge on any atom is 0.334 e. The number of rotatable bonds is 7. The monoisotopic (exact) mass is 650 g/mol. The number of aliphatic hydroxyl groups is 2. The fourth-order valence-electron chi connectivity index (χ4n) is 8.54. The van der Waals surface area contributed by atoms with Crippen LogP contribution in [0.15, 0.2) is 22.8 Å². The van der Waals surface area contributed by atoms with Gasteiger partial charge in [0.1, 0.15) is 18.3 Å². The van der Waals surface area contributed by atoms with Gasteiger partial charge in [-0.3, -0.25) is 19.2 Å². The average Bonchev–Trinajstić information content (AvgIpc) is 3.16. The van der Waals surface area contributed by atoms with Crippen molar-refractivity contribution in [1.29, 1.82) is 0 Å². The summed E-state index contributed by atoms with van der Waals surface area (Å²) >= 11 is 0. The van der Waals surface area contributed by atoms with Crippen molar-refractivity contribution in [3.05, 3.63) is 22.8 Å². The van der Waals surface area contributed by atoms with Crippen molar-refractivity contribution in [3.8, 4) is 0 Å². The molecule has 1 saturated heterocycles. The van der Waals surface area contributed by atoms with Gasteiger partial charge in [-0.05, 0) is 52.2 Å². The lowest BCUT2D eigenvalue weighted by Crippen LogP contribution is -2.79. The Labute approximate surface area is 268 Å². The molecule has 0 amide bonds. The van der Waals surface area contributed by atoms with Gasteiger partial charge in [-0.15, -0.1) is 0 Å². The number of carbonyl (C=O) groups excluding carboxylic acids is 5. The summed E-state index contributed by atoms with van der Waals surface area (Å²) in [6, 6.07) is 0. The van der Waals surface area contributed by atoms with Crippen LogP contribution in [0.5, 0.6) is 0 Å². The van der Waals surface area contributed by atoms with E-state index in [1.165, 1.54) is 47.6 Å². The van der Waals surface area contributed by atoms with E-state index in [2.05, 4.69) is 0 Å². The molecule has 3 aliphatic carbocycles. The molecule has 2 N–H and O–H groups in total. The highest BCUT2D eigenvalue weighted by Gasteiger charge is 2.80. The molecule has 4 aliphatic rings. The van der Waals surface area contributed by atoms with Crippen molar-refractivity contribution in [3.63, 3.8) is 0 Å². The van der Waals surface area contributed by atoms with E-state index in [0.717, 1.165) is 6.92 Å². The molecule has 0 aromatic heterocycles. The molecule has 46 heavy (non-hydrogen) atoms. The first-order chi connectivity index (χ1) is 21.2. The number of hydrogen-bond acceptors (Lipinski definition) is 13. The first-order valence-electron chi connectivity index (χ1n) is 15.5. The van der Waals surface area contributed by atoms with Crippen LogP contribution in [0, 0.1) is 16.7 Å². The van der Waals surface area contributed by atoms with Crippen molar-refractivity contribution in [1.82, 2.24) is 0 Å². The Hall–Kier alpha value is -3.29. The summed E-state index contributed by atoms with van der Waals surface area (Å²) in [5, 5.41) is 23.7. The van der Waals surface area contributed by atoms with Gasteiger partial charge in [-0.25, -0.2) is 4.79 Å². The average molecular weight is 651 g/mol. The smallest absolute Gasteiger partial charge is 0.334 e. The number of fused-ring (bicyclic) bond motifs is 4. The molecule has 2 saturated carbocycles. The molecule has 10 atom stereocenters. The Morgan fingerprint density at radius 2 is 1.48 bits per heavy atom. The third-order valence-electron chi connectivity index (χ3n) is 10.6. The van der Waals surface area contributed by atoms with E-state index in [1.54, 1.807) is 20.8 Å². The number of hydrogen-bond donors (Lipinski definition) is 2. The van der Waals surface area contributed by atoms with Crippen molar-refractivity contribution < 1.29 is 62.6 Å². The summed E-state index contributed by atoms with van der Waals surface area (Å²) in [4.78, 5) is 65.1. The van der Waals surface area contributed by atoms with Gasteiger partial charge in [0.2, 0.25) is 0 Å². The third kappa shape index (κ3) is 5.33. The molecule has 0 aromatic rings. The standard InChI is InChI=1S/C33H46O13/c1-11-15(2)29(39)45-25-24-16(3)21(38)13-32(24,30(8,9)40)28(44-19(6)36)26-31(10,27(25)43-18(5)35)22(42-17(4)34)12-23-33(26,14-41-23)46-20(7)37/h11,21-23,25-28,38,40H,12-14H2,1-10H3/b15-11+/t21-,22-,23+,25+,26?,27-,28-,31+,32-,33-/m0/s1. The lowest BCUT2D eigenvalue weighted by atomic mass is 9.49. The second kappa shape index (κ2) is 12.1. The van der Waals surface area contributed by atoms with Crippen LogP contribution in [0.1, 0.15) is 82.1 Å². The van der Waals surface area contributed by atoms with Crippen LogP contribution in [0.25, 0.3) is 0 Å². The molecular formula is C33H46O13. The summed E-state index contributed by atoms with van der Waals surface area (Å²) in [5.41, 5.74) is -5.99. The molecule has 0 radical (unpaired) electrons. The van der Waals surface area contributed by atoms with Crippen molar-refractivity contribution in [2.45, 2.75) is 130 Å². The maximum atomic E-state index is 13.6. The summed E-state index contributed by atoms with van der Waals surface area (Å²) in [7, 11) is 0. The van der Waals surface area contributed by atoms with Crippen LogP contribution < -0.4 is 0 Å². The third-order valence-corrected chi connectivity index (χ3v) is 10.6. The summed E-state index contributed by atoms with van der Waals surface area (Å²) in [6.07, 6.45) is -6.28. The lowest BCUT2D eigenvalue weighted by molar-refractivity contribution is -0.353. The molecule has 4 rings (SSSR count). The van der Waals surface area contributed by atoms with E-state index in [-0.39, 0.29) is 30.6 Å². The molecule has 0 bridgehead atoms. The maximum absolute atomic E-state index is 13.6. The largest absolute Gasteiger partial charge is 0.462 e. The van der Waals surface area contributed by atoms with E-state index >= 15 is 0 Å². The van der Waals surface area contributed by atoms with E-state index in [1.807, 2.05) is 0 Å². The van der Waals surface area contributed by atoms with Gasteiger partial charge in [0, 0.05) is 39.7 Å². The number of allylic oxidation sites excluding steroid dienone is 1.